The molecular formula is C9H7FOS. The molecule has 1 N–H and O–H groups in total. The second-order valence-electron chi connectivity index (χ2n) is 2.72. The van der Waals surface area contributed by atoms with Gasteiger partial charge in [-0.2, -0.15) is 0 Å². The Morgan fingerprint density at radius 2 is 2.17 bits per heavy atom. The molecule has 12 heavy (non-hydrogen) atoms. The average molecular weight is 182 g/mol. The van der Waals surface area contributed by atoms with Crippen LogP contribution in [0.2, 0.25) is 0 Å². The first-order chi connectivity index (χ1) is 5.68. The predicted molar refractivity (Wildman–Crippen MR) is 48.2 cm³/mol. The number of benzene rings is 1. The van der Waals surface area contributed by atoms with Gasteiger partial charge >= 0.3 is 0 Å². The number of hydrogen-bond donors (Lipinski definition) is 1. The van der Waals surface area contributed by atoms with Gasteiger partial charge in [-0.3, -0.25) is 0 Å². The highest BCUT2D eigenvalue weighted by Crippen LogP contribution is 2.35. The Labute approximate surface area is 73.1 Å². The standard InChI is InChI=1S/C9H7FOS/c1-5-2-3-7-6(4-5)8(10)9(11)12-7/h2-4,11H,1H3. The molecular weight excluding hydrogens is 175 g/mol. The van der Waals surface area contributed by atoms with Gasteiger partial charge in [0.2, 0.25) is 5.06 Å². The smallest absolute Gasteiger partial charge is 0.209 e. The lowest BCUT2D eigenvalue weighted by atomic mass is 10.2. The van der Waals surface area contributed by atoms with Crippen LogP contribution in [0.5, 0.6) is 5.06 Å². The fourth-order valence-electron chi connectivity index (χ4n) is 1.17. The lowest BCUT2D eigenvalue weighted by Crippen LogP contribution is -1.72. The highest BCUT2D eigenvalue weighted by molar-refractivity contribution is 7.20. The zero-order chi connectivity index (χ0) is 8.72. The van der Waals surface area contributed by atoms with Crippen molar-refractivity contribution in [1.82, 2.24) is 0 Å². The van der Waals surface area contributed by atoms with Gasteiger partial charge in [0.25, 0.3) is 0 Å². The summed E-state index contributed by atoms with van der Waals surface area (Å²) in [6, 6.07) is 5.46. The molecule has 1 aromatic carbocycles. The molecule has 0 fully saturated rings. The maximum Gasteiger partial charge on any atom is 0.209 e. The van der Waals surface area contributed by atoms with Crippen molar-refractivity contribution in [3.63, 3.8) is 0 Å². The molecule has 2 aromatic rings. The van der Waals surface area contributed by atoms with E-state index in [9.17, 15) is 4.39 Å². The van der Waals surface area contributed by atoms with Crippen molar-refractivity contribution in [2.45, 2.75) is 6.92 Å². The van der Waals surface area contributed by atoms with Crippen LogP contribution in [-0.2, 0) is 0 Å². The molecule has 1 heterocycles. The van der Waals surface area contributed by atoms with Crippen molar-refractivity contribution in [2.75, 3.05) is 0 Å². The third-order valence-corrected chi connectivity index (χ3v) is 2.71. The van der Waals surface area contributed by atoms with Crippen molar-refractivity contribution in [1.29, 1.82) is 0 Å². The molecule has 0 atom stereocenters. The number of thiophene rings is 1. The Morgan fingerprint density at radius 1 is 1.42 bits per heavy atom. The zero-order valence-corrected chi connectivity index (χ0v) is 7.28. The van der Waals surface area contributed by atoms with Crippen LogP contribution in [-0.4, -0.2) is 5.11 Å². The van der Waals surface area contributed by atoms with Gasteiger partial charge in [-0.25, -0.2) is 4.39 Å². The van der Waals surface area contributed by atoms with Gasteiger partial charge in [-0.05, 0) is 19.1 Å². The maximum absolute atomic E-state index is 13.1. The van der Waals surface area contributed by atoms with Gasteiger partial charge in [0, 0.05) is 10.1 Å². The molecule has 0 unspecified atom stereocenters. The predicted octanol–water partition coefficient (Wildman–Crippen LogP) is 3.05. The summed E-state index contributed by atoms with van der Waals surface area (Å²) in [7, 11) is 0. The number of fused-ring (bicyclic) bond motifs is 1. The Hall–Kier alpha value is -1.09. The first-order valence-electron chi connectivity index (χ1n) is 3.56. The number of aromatic hydroxyl groups is 1. The normalized spacial score (nSPS) is 10.8. The van der Waals surface area contributed by atoms with Crippen molar-refractivity contribution in [2.24, 2.45) is 0 Å². The molecule has 62 valence electrons. The summed E-state index contributed by atoms with van der Waals surface area (Å²) in [5.41, 5.74) is 0.999. The SMILES string of the molecule is Cc1ccc2sc(O)c(F)c2c1. The van der Waals surface area contributed by atoms with Crippen LogP contribution in [0.1, 0.15) is 5.56 Å². The molecule has 1 nitrogen and oxygen atoms in total. The van der Waals surface area contributed by atoms with Gasteiger partial charge in [-0.1, -0.05) is 23.0 Å². The van der Waals surface area contributed by atoms with Crippen LogP contribution in [0.3, 0.4) is 0 Å². The maximum atomic E-state index is 13.1. The first kappa shape index (κ1) is 7.55. The third kappa shape index (κ3) is 0.975. The molecule has 1 aromatic heterocycles. The number of rotatable bonds is 0. The molecule has 0 spiro atoms. The number of hydrogen-bond acceptors (Lipinski definition) is 2. The van der Waals surface area contributed by atoms with Gasteiger partial charge in [0.15, 0.2) is 5.82 Å². The second-order valence-corrected chi connectivity index (χ2v) is 3.75. The molecule has 0 saturated heterocycles. The van der Waals surface area contributed by atoms with E-state index in [1.54, 1.807) is 6.07 Å². The van der Waals surface area contributed by atoms with Crippen LogP contribution in [0.4, 0.5) is 4.39 Å². The monoisotopic (exact) mass is 182 g/mol. The van der Waals surface area contributed by atoms with E-state index < -0.39 is 5.82 Å². The minimum atomic E-state index is -0.501. The van der Waals surface area contributed by atoms with Crippen molar-refractivity contribution in [3.8, 4) is 5.06 Å². The quantitative estimate of drug-likeness (QED) is 0.663. The van der Waals surface area contributed by atoms with Crippen LogP contribution in [0.25, 0.3) is 10.1 Å². The largest absolute Gasteiger partial charge is 0.497 e. The summed E-state index contributed by atoms with van der Waals surface area (Å²) in [5, 5.41) is 9.36. The summed E-state index contributed by atoms with van der Waals surface area (Å²) in [4.78, 5) is 0. The van der Waals surface area contributed by atoms with Gasteiger partial charge in [0.1, 0.15) is 0 Å². The average Bonchev–Trinajstić information content (AvgIpc) is 2.31. The van der Waals surface area contributed by atoms with Crippen LogP contribution in [0, 0.1) is 12.7 Å². The van der Waals surface area contributed by atoms with Crippen molar-refractivity contribution >= 4 is 21.4 Å². The van der Waals surface area contributed by atoms with E-state index in [1.807, 2.05) is 19.1 Å². The fraction of sp³-hybridized carbons (Fsp3) is 0.111. The minimum absolute atomic E-state index is 0.226. The second kappa shape index (κ2) is 2.45. The molecule has 0 aliphatic rings. The van der Waals surface area contributed by atoms with Gasteiger partial charge in [-0.15, -0.1) is 0 Å². The van der Waals surface area contributed by atoms with Crippen LogP contribution < -0.4 is 0 Å². The summed E-state index contributed by atoms with van der Waals surface area (Å²) in [6.07, 6.45) is 0. The Morgan fingerprint density at radius 3 is 2.92 bits per heavy atom. The molecule has 0 bridgehead atoms. The van der Waals surface area contributed by atoms with Crippen molar-refractivity contribution < 1.29 is 9.50 Å². The Bertz CT molecular complexity index is 433. The molecule has 0 amide bonds. The lowest BCUT2D eigenvalue weighted by Gasteiger charge is -1.90. The molecule has 2 rings (SSSR count). The molecule has 3 heteroatoms. The van der Waals surface area contributed by atoms with E-state index in [2.05, 4.69) is 0 Å². The fourth-order valence-corrected chi connectivity index (χ4v) is 1.97. The number of aryl methyl sites for hydroxylation is 1. The molecule has 0 radical (unpaired) electrons. The van der Waals surface area contributed by atoms with E-state index in [-0.39, 0.29) is 5.06 Å². The van der Waals surface area contributed by atoms with Gasteiger partial charge < -0.3 is 5.11 Å². The van der Waals surface area contributed by atoms with E-state index >= 15 is 0 Å². The van der Waals surface area contributed by atoms with Crippen LogP contribution >= 0.6 is 11.3 Å². The van der Waals surface area contributed by atoms with E-state index in [4.69, 9.17) is 5.11 Å². The summed E-state index contributed by atoms with van der Waals surface area (Å²) >= 11 is 1.07. The summed E-state index contributed by atoms with van der Waals surface area (Å²) in [6.45, 7) is 1.90. The molecule has 0 aliphatic carbocycles. The van der Waals surface area contributed by atoms with Crippen molar-refractivity contribution in [3.05, 3.63) is 29.6 Å². The number of halogens is 1. The highest BCUT2D eigenvalue weighted by atomic mass is 32.1. The van der Waals surface area contributed by atoms with E-state index in [0.29, 0.717) is 5.39 Å². The Balaban J connectivity index is 2.88. The molecule has 0 aliphatic heterocycles. The first-order valence-corrected chi connectivity index (χ1v) is 4.38. The minimum Gasteiger partial charge on any atom is -0.497 e. The topological polar surface area (TPSA) is 20.2 Å². The van der Waals surface area contributed by atoms with E-state index in [1.165, 1.54) is 0 Å². The Kier molecular flexibility index (Phi) is 1.54. The van der Waals surface area contributed by atoms with E-state index in [0.717, 1.165) is 21.6 Å². The van der Waals surface area contributed by atoms with Crippen LogP contribution in [0.15, 0.2) is 18.2 Å². The lowest BCUT2D eigenvalue weighted by molar-refractivity contribution is 0.452. The molecule has 0 saturated carbocycles. The summed E-state index contributed by atoms with van der Waals surface area (Å²) in [5.74, 6) is -0.501. The van der Waals surface area contributed by atoms with Gasteiger partial charge in [0.05, 0.1) is 0 Å². The summed E-state index contributed by atoms with van der Waals surface area (Å²) < 4.78 is 13.9. The highest BCUT2D eigenvalue weighted by Gasteiger charge is 2.09. The zero-order valence-electron chi connectivity index (χ0n) is 6.47. The third-order valence-electron chi connectivity index (χ3n) is 1.77.